The third-order valence-corrected chi connectivity index (χ3v) is 4.57. The zero-order valence-corrected chi connectivity index (χ0v) is 14.8. The molecule has 2 N–H and O–H groups in total. The zero-order valence-electron chi connectivity index (χ0n) is 11.6. The predicted octanol–water partition coefficient (Wildman–Crippen LogP) is 5.22. The number of anilines is 1. The van der Waals surface area contributed by atoms with Gasteiger partial charge in [0, 0.05) is 26.7 Å². The summed E-state index contributed by atoms with van der Waals surface area (Å²) >= 11 is 7.12. The number of halogens is 2. The molecule has 3 aromatic rings. The topological polar surface area (TPSA) is 43.8 Å². The Morgan fingerprint density at radius 2 is 1.95 bits per heavy atom. The minimum Gasteiger partial charge on any atom is -0.399 e. The van der Waals surface area contributed by atoms with Gasteiger partial charge in [0.1, 0.15) is 5.82 Å². The molecule has 1 aromatic heterocycles. The molecule has 2 aromatic carbocycles. The fourth-order valence-corrected chi connectivity index (χ4v) is 3.25. The van der Waals surface area contributed by atoms with Gasteiger partial charge in [0.25, 0.3) is 0 Å². The largest absolute Gasteiger partial charge is 0.399 e. The quantitative estimate of drug-likeness (QED) is 0.603. The number of aryl methyl sites for hydroxylation is 1. The van der Waals surface area contributed by atoms with Crippen molar-refractivity contribution in [3.8, 4) is 11.4 Å². The van der Waals surface area contributed by atoms with Gasteiger partial charge in [-0.05, 0) is 42.8 Å². The Bertz CT molecular complexity index is 809. The van der Waals surface area contributed by atoms with E-state index in [1.165, 1.54) is 0 Å². The Hall–Kier alpha value is -1.33. The Balaban J connectivity index is 2.30. The summed E-state index contributed by atoms with van der Waals surface area (Å²) in [5.74, 6) is 0.948. The molecule has 1 heterocycles. The standard InChI is InChI=1S/C16H15Br2N3/c1-2-7-21-15-6-3-10(17)8-14(15)20-16(21)12-9-11(19)4-5-13(12)18/h3-6,8-9H,2,7,19H2,1H3. The number of hydrogen-bond acceptors (Lipinski definition) is 2. The summed E-state index contributed by atoms with van der Waals surface area (Å²) in [5, 5.41) is 0. The van der Waals surface area contributed by atoms with Gasteiger partial charge in [-0.1, -0.05) is 38.8 Å². The van der Waals surface area contributed by atoms with Crippen LogP contribution < -0.4 is 5.73 Å². The zero-order chi connectivity index (χ0) is 15.0. The minimum atomic E-state index is 0.740. The Kier molecular flexibility index (Phi) is 4.04. The third kappa shape index (κ3) is 2.72. The molecule has 21 heavy (non-hydrogen) atoms. The molecule has 0 unspecified atom stereocenters. The van der Waals surface area contributed by atoms with Gasteiger partial charge in [-0.25, -0.2) is 4.98 Å². The van der Waals surface area contributed by atoms with Crippen molar-refractivity contribution in [3.05, 3.63) is 45.3 Å². The average molecular weight is 409 g/mol. The summed E-state index contributed by atoms with van der Waals surface area (Å²) in [6.45, 7) is 3.09. The van der Waals surface area contributed by atoms with Gasteiger partial charge in [-0.3, -0.25) is 0 Å². The molecule has 0 radical (unpaired) electrons. The lowest BCUT2D eigenvalue weighted by molar-refractivity contribution is 0.704. The van der Waals surface area contributed by atoms with Crippen LogP contribution in [0.25, 0.3) is 22.4 Å². The number of hydrogen-bond donors (Lipinski definition) is 1. The van der Waals surface area contributed by atoms with Gasteiger partial charge >= 0.3 is 0 Å². The van der Waals surface area contributed by atoms with Crippen LogP contribution in [0.4, 0.5) is 5.69 Å². The van der Waals surface area contributed by atoms with Crippen LogP contribution in [0.5, 0.6) is 0 Å². The number of aromatic nitrogens is 2. The summed E-state index contributed by atoms with van der Waals surface area (Å²) in [5.41, 5.74) is 9.84. The van der Waals surface area contributed by atoms with Crippen molar-refractivity contribution in [1.82, 2.24) is 9.55 Å². The van der Waals surface area contributed by atoms with E-state index in [-0.39, 0.29) is 0 Å². The molecule has 0 bridgehead atoms. The molecule has 0 atom stereocenters. The highest BCUT2D eigenvalue weighted by Crippen LogP contribution is 2.33. The van der Waals surface area contributed by atoms with Gasteiger partial charge in [0.2, 0.25) is 0 Å². The first-order chi connectivity index (χ1) is 10.1. The van der Waals surface area contributed by atoms with Crippen LogP contribution >= 0.6 is 31.9 Å². The molecule has 3 nitrogen and oxygen atoms in total. The van der Waals surface area contributed by atoms with E-state index in [9.17, 15) is 0 Å². The van der Waals surface area contributed by atoms with Crippen molar-refractivity contribution in [2.45, 2.75) is 19.9 Å². The van der Waals surface area contributed by atoms with E-state index in [0.717, 1.165) is 50.0 Å². The summed E-state index contributed by atoms with van der Waals surface area (Å²) in [6.07, 6.45) is 1.05. The third-order valence-electron chi connectivity index (χ3n) is 3.39. The van der Waals surface area contributed by atoms with Gasteiger partial charge < -0.3 is 10.3 Å². The number of nitrogens with two attached hydrogens (primary N) is 1. The molecular formula is C16H15Br2N3. The number of fused-ring (bicyclic) bond motifs is 1. The second-order valence-electron chi connectivity index (χ2n) is 4.96. The van der Waals surface area contributed by atoms with Crippen LogP contribution in [-0.2, 0) is 6.54 Å². The maximum atomic E-state index is 5.94. The maximum absolute atomic E-state index is 5.94. The Morgan fingerprint density at radius 1 is 1.14 bits per heavy atom. The van der Waals surface area contributed by atoms with Crippen molar-refractivity contribution in [3.63, 3.8) is 0 Å². The van der Waals surface area contributed by atoms with Crippen molar-refractivity contribution >= 4 is 48.6 Å². The summed E-state index contributed by atoms with van der Waals surface area (Å²) in [4.78, 5) is 4.81. The smallest absolute Gasteiger partial charge is 0.142 e. The molecular weight excluding hydrogens is 394 g/mol. The molecule has 0 amide bonds. The summed E-state index contributed by atoms with van der Waals surface area (Å²) in [6, 6.07) is 12.0. The Morgan fingerprint density at radius 3 is 2.71 bits per heavy atom. The highest BCUT2D eigenvalue weighted by atomic mass is 79.9. The number of rotatable bonds is 3. The number of benzene rings is 2. The molecule has 0 saturated heterocycles. The van der Waals surface area contributed by atoms with Crippen molar-refractivity contribution in [2.75, 3.05) is 5.73 Å². The normalized spacial score (nSPS) is 11.2. The molecule has 108 valence electrons. The van der Waals surface area contributed by atoms with Crippen LogP contribution in [0.1, 0.15) is 13.3 Å². The van der Waals surface area contributed by atoms with Crippen LogP contribution in [0, 0.1) is 0 Å². The molecule has 0 fully saturated rings. The summed E-state index contributed by atoms with van der Waals surface area (Å²) < 4.78 is 4.29. The average Bonchev–Trinajstić information content (AvgIpc) is 2.80. The van der Waals surface area contributed by atoms with Crippen molar-refractivity contribution in [1.29, 1.82) is 0 Å². The first-order valence-electron chi connectivity index (χ1n) is 6.81. The van der Waals surface area contributed by atoms with E-state index in [0.29, 0.717) is 0 Å². The number of nitrogen functional groups attached to an aromatic ring is 1. The highest BCUT2D eigenvalue weighted by Gasteiger charge is 2.15. The van der Waals surface area contributed by atoms with Crippen LogP contribution in [0.2, 0.25) is 0 Å². The SMILES string of the molecule is CCCn1c(-c2cc(N)ccc2Br)nc2cc(Br)ccc21. The van der Waals surface area contributed by atoms with E-state index in [1.807, 2.05) is 30.3 Å². The molecule has 0 aliphatic heterocycles. The first kappa shape index (κ1) is 14.6. The van der Waals surface area contributed by atoms with Gasteiger partial charge in [-0.2, -0.15) is 0 Å². The lowest BCUT2D eigenvalue weighted by atomic mass is 10.2. The van der Waals surface area contributed by atoms with Gasteiger partial charge in [0.05, 0.1) is 11.0 Å². The molecule has 5 heteroatoms. The second-order valence-corrected chi connectivity index (χ2v) is 6.73. The van der Waals surface area contributed by atoms with E-state index < -0.39 is 0 Å². The Labute approximate surface area is 140 Å². The molecule has 0 aliphatic carbocycles. The van der Waals surface area contributed by atoms with Crippen LogP contribution in [0.3, 0.4) is 0 Å². The van der Waals surface area contributed by atoms with E-state index >= 15 is 0 Å². The van der Waals surface area contributed by atoms with E-state index in [2.05, 4.69) is 49.4 Å². The number of nitrogens with zero attached hydrogens (tertiary/aromatic N) is 2. The van der Waals surface area contributed by atoms with E-state index in [4.69, 9.17) is 10.7 Å². The predicted molar refractivity (Wildman–Crippen MR) is 95.3 cm³/mol. The van der Waals surface area contributed by atoms with Crippen molar-refractivity contribution in [2.24, 2.45) is 0 Å². The van der Waals surface area contributed by atoms with Crippen LogP contribution in [0.15, 0.2) is 45.3 Å². The van der Waals surface area contributed by atoms with Crippen molar-refractivity contribution < 1.29 is 0 Å². The number of imidazole rings is 1. The first-order valence-corrected chi connectivity index (χ1v) is 8.40. The van der Waals surface area contributed by atoms with Gasteiger partial charge in [0.15, 0.2) is 0 Å². The van der Waals surface area contributed by atoms with E-state index in [1.54, 1.807) is 0 Å². The maximum Gasteiger partial charge on any atom is 0.142 e. The second kappa shape index (κ2) is 5.81. The lowest BCUT2D eigenvalue weighted by Gasteiger charge is -2.10. The minimum absolute atomic E-state index is 0.740. The monoisotopic (exact) mass is 407 g/mol. The fraction of sp³-hybridized carbons (Fsp3) is 0.188. The lowest BCUT2D eigenvalue weighted by Crippen LogP contribution is -2.00. The molecule has 0 saturated carbocycles. The molecule has 3 rings (SSSR count). The highest BCUT2D eigenvalue weighted by molar-refractivity contribution is 9.10. The fourth-order valence-electron chi connectivity index (χ4n) is 2.47. The van der Waals surface area contributed by atoms with Crippen LogP contribution in [-0.4, -0.2) is 9.55 Å². The molecule has 0 aliphatic rings. The summed E-state index contributed by atoms with van der Waals surface area (Å²) in [7, 11) is 0. The molecule has 0 spiro atoms. The van der Waals surface area contributed by atoms with Gasteiger partial charge in [-0.15, -0.1) is 0 Å².